The maximum Gasteiger partial charge on any atom is 0.255 e. The number of pyridine rings is 1. The van der Waals surface area contributed by atoms with E-state index >= 15 is 0 Å². The summed E-state index contributed by atoms with van der Waals surface area (Å²) in [7, 11) is 0. The largest absolute Gasteiger partial charge is 0.335 e. The van der Waals surface area contributed by atoms with Crippen molar-refractivity contribution in [1.82, 2.24) is 9.88 Å². The van der Waals surface area contributed by atoms with Crippen molar-refractivity contribution in [2.45, 2.75) is 38.6 Å². The van der Waals surface area contributed by atoms with Crippen molar-refractivity contribution in [3.8, 4) is 0 Å². The summed E-state index contributed by atoms with van der Waals surface area (Å²) in [6.45, 7) is 2.31. The number of nitrogens with zero attached hydrogens (tertiary/aromatic N) is 2. The zero-order chi connectivity index (χ0) is 13.8. The monoisotopic (exact) mass is 324 g/mol. The van der Waals surface area contributed by atoms with E-state index in [4.69, 9.17) is 0 Å². The van der Waals surface area contributed by atoms with Gasteiger partial charge < -0.3 is 4.90 Å². The summed E-state index contributed by atoms with van der Waals surface area (Å²) in [6, 6.07) is 1.81. The van der Waals surface area contributed by atoms with Crippen molar-refractivity contribution in [2.75, 3.05) is 6.54 Å². The maximum atomic E-state index is 12.5. The minimum Gasteiger partial charge on any atom is -0.335 e. The van der Waals surface area contributed by atoms with Crippen LogP contribution in [0, 0.1) is 0 Å². The smallest absolute Gasteiger partial charge is 0.255 e. The highest BCUT2D eigenvalue weighted by atomic mass is 79.9. The summed E-state index contributed by atoms with van der Waals surface area (Å²) in [5.41, 5.74) is 0.574. The van der Waals surface area contributed by atoms with Gasteiger partial charge in [0.15, 0.2) is 0 Å². The number of rotatable bonds is 3. The molecule has 0 radical (unpaired) electrons. The van der Waals surface area contributed by atoms with Crippen molar-refractivity contribution in [2.24, 2.45) is 0 Å². The Morgan fingerprint density at radius 2 is 2.21 bits per heavy atom. The van der Waals surface area contributed by atoms with Crippen LogP contribution in [0.3, 0.4) is 0 Å². The molecule has 1 aromatic heterocycles. The van der Waals surface area contributed by atoms with Gasteiger partial charge in [-0.1, -0.05) is 0 Å². The Kier molecular flexibility index (Phi) is 4.69. The van der Waals surface area contributed by atoms with Gasteiger partial charge >= 0.3 is 0 Å². The Morgan fingerprint density at radius 3 is 2.89 bits per heavy atom. The number of carbonyl (C=O) groups is 2. The molecular weight excluding hydrogens is 308 g/mol. The van der Waals surface area contributed by atoms with E-state index in [9.17, 15) is 9.59 Å². The lowest BCUT2D eigenvalue weighted by molar-refractivity contribution is -0.118. The van der Waals surface area contributed by atoms with E-state index in [1.54, 1.807) is 25.4 Å². The highest BCUT2D eigenvalue weighted by Gasteiger charge is 2.28. The molecule has 1 aliphatic rings. The second-order valence-electron chi connectivity index (χ2n) is 4.95. The highest BCUT2D eigenvalue weighted by Crippen LogP contribution is 2.22. The number of ketones is 1. The van der Waals surface area contributed by atoms with Gasteiger partial charge in [0.1, 0.15) is 5.78 Å². The molecule has 1 fully saturated rings. The number of hydrogen-bond acceptors (Lipinski definition) is 3. The standard InChI is InChI=1S/C14H17BrN2O2/c1-10(18)6-13-4-2-3-5-17(13)14(19)11-7-12(15)9-16-8-11/h7-9,13H,2-6H2,1H3. The Balaban J connectivity index is 2.17. The summed E-state index contributed by atoms with van der Waals surface area (Å²) >= 11 is 3.32. The fraction of sp³-hybridized carbons (Fsp3) is 0.500. The van der Waals surface area contributed by atoms with Gasteiger partial charge in [-0.05, 0) is 48.2 Å². The van der Waals surface area contributed by atoms with Crippen LogP contribution in [0.15, 0.2) is 22.9 Å². The molecule has 0 N–H and O–H groups in total. The lowest BCUT2D eigenvalue weighted by Crippen LogP contribution is -2.44. The number of aromatic nitrogens is 1. The zero-order valence-electron chi connectivity index (χ0n) is 10.9. The predicted octanol–water partition coefficient (Wildman–Crippen LogP) is 2.82. The van der Waals surface area contributed by atoms with Gasteiger partial charge in [0.2, 0.25) is 0 Å². The lowest BCUT2D eigenvalue weighted by atomic mass is 9.97. The minimum absolute atomic E-state index is 0.0280. The zero-order valence-corrected chi connectivity index (χ0v) is 12.5. The van der Waals surface area contributed by atoms with Gasteiger partial charge in [-0.2, -0.15) is 0 Å². The van der Waals surface area contributed by atoms with Crippen molar-refractivity contribution in [3.05, 3.63) is 28.5 Å². The Morgan fingerprint density at radius 1 is 1.42 bits per heavy atom. The van der Waals surface area contributed by atoms with Crippen molar-refractivity contribution in [1.29, 1.82) is 0 Å². The number of piperidine rings is 1. The van der Waals surface area contributed by atoms with Gasteiger partial charge in [0, 0.05) is 35.9 Å². The first-order valence-corrected chi connectivity index (χ1v) is 7.28. The average Bonchev–Trinajstić information content (AvgIpc) is 2.38. The Hall–Kier alpha value is -1.23. The third-order valence-electron chi connectivity index (χ3n) is 3.36. The maximum absolute atomic E-state index is 12.5. The normalized spacial score (nSPS) is 19.3. The summed E-state index contributed by atoms with van der Waals surface area (Å²) in [6.07, 6.45) is 6.67. The first kappa shape index (κ1) is 14.2. The Labute approximate surface area is 121 Å². The number of Topliss-reactive ketones (excluding diaryl/α,β-unsaturated/α-hetero) is 1. The molecule has 0 bridgehead atoms. The van der Waals surface area contributed by atoms with Crippen molar-refractivity contribution in [3.63, 3.8) is 0 Å². The number of halogens is 1. The van der Waals surface area contributed by atoms with Crippen LogP contribution in [0.2, 0.25) is 0 Å². The molecule has 1 saturated heterocycles. The molecule has 1 aromatic rings. The molecule has 0 spiro atoms. The number of amides is 1. The fourth-order valence-corrected chi connectivity index (χ4v) is 2.87. The molecule has 4 nitrogen and oxygen atoms in total. The van der Waals surface area contributed by atoms with Crippen molar-refractivity contribution < 1.29 is 9.59 Å². The number of likely N-dealkylation sites (tertiary alicyclic amines) is 1. The molecule has 1 amide bonds. The number of hydrogen-bond donors (Lipinski definition) is 0. The molecule has 2 rings (SSSR count). The van der Waals surface area contributed by atoms with E-state index in [2.05, 4.69) is 20.9 Å². The first-order valence-electron chi connectivity index (χ1n) is 6.49. The second kappa shape index (κ2) is 6.28. The lowest BCUT2D eigenvalue weighted by Gasteiger charge is -2.35. The molecule has 1 unspecified atom stereocenters. The molecular formula is C14H17BrN2O2. The molecule has 0 aliphatic carbocycles. The van der Waals surface area contributed by atoms with E-state index in [0.717, 1.165) is 30.3 Å². The third-order valence-corrected chi connectivity index (χ3v) is 3.80. The van der Waals surface area contributed by atoms with E-state index in [-0.39, 0.29) is 17.7 Å². The summed E-state index contributed by atoms with van der Waals surface area (Å²) in [5, 5.41) is 0. The topological polar surface area (TPSA) is 50.3 Å². The van der Waals surface area contributed by atoms with E-state index in [1.165, 1.54) is 0 Å². The molecule has 0 aromatic carbocycles. The van der Waals surface area contributed by atoms with Gasteiger partial charge in [0.05, 0.1) is 5.56 Å². The predicted molar refractivity (Wildman–Crippen MR) is 75.9 cm³/mol. The molecule has 19 heavy (non-hydrogen) atoms. The van der Waals surface area contributed by atoms with Crippen LogP contribution in [-0.4, -0.2) is 34.2 Å². The van der Waals surface area contributed by atoms with Gasteiger partial charge in [0.25, 0.3) is 5.91 Å². The van der Waals surface area contributed by atoms with Gasteiger partial charge in [-0.15, -0.1) is 0 Å². The summed E-state index contributed by atoms with van der Waals surface area (Å²) in [4.78, 5) is 29.7. The van der Waals surface area contributed by atoms with E-state index < -0.39 is 0 Å². The van der Waals surface area contributed by atoms with Gasteiger partial charge in [-0.25, -0.2) is 0 Å². The summed E-state index contributed by atoms with van der Waals surface area (Å²) < 4.78 is 0.790. The number of carbonyl (C=O) groups excluding carboxylic acids is 2. The van der Waals surface area contributed by atoms with Crippen LogP contribution in [0.5, 0.6) is 0 Å². The first-order chi connectivity index (χ1) is 9.08. The second-order valence-corrected chi connectivity index (χ2v) is 5.86. The fourth-order valence-electron chi connectivity index (χ4n) is 2.51. The molecule has 1 atom stereocenters. The van der Waals surface area contributed by atoms with Crippen LogP contribution >= 0.6 is 15.9 Å². The van der Waals surface area contributed by atoms with Crippen LogP contribution in [0.25, 0.3) is 0 Å². The van der Waals surface area contributed by atoms with Crippen LogP contribution in [-0.2, 0) is 4.79 Å². The third kappa shape index (κ3) is 3.62. The van der Waals surface area contributed by atoms with E-state index in [1.807, 2.05) is 4.90 Å². The Bertz CT molecular complexity index is 490. The van der Waals surface area contributed by atoms with Crippen LogP contribution < -0.4 is 0 Å². The molecule has 2 heterocycles. The quantitative estimate of drug-likeness (QED) is 0.859. The molecule has 1 aliphatic heterocycles. The molecule has 102 valence electrons. The molecule has 5 heteroatoms. The SMILES string of the molecule is CC(=O)CC1CCCCN1C(=O)c1cncc(Br)c1. The average molecular weight is 325 g/mol. The van der Waals surface area contributed by atoms with Crippen LogP contribution in [0.1, 0.15) is 43.0 Å². The minimum atomic E-state index is -0.0280. The van der Waals surface area contributed by atoms with Gasteiger partial charge in [-0.3, -0.25) is 14.6 Å². The van der Waals surface area contributed by atoms with Crippen molar-refractivity contribution >= 4 is 27.6 Å². The molecule has 0 saturated carbocycles. The highest BCUT2D eigenvalue weighted by molar-refractivity contribution is 9.10. The van der Waals surface area contributed by atoms with E-state index in [0.29, 0.717) is 12.0 Å². The summed E-state index contributed by atoms with van der Waals surface area (Å²) in [5.74, 6) is 0.108. The van der Waals surface area contributed by atoms with Crippen LogP contribution in [0.4, 0.5) is 0 Å².